The molecule has 0 fully saturated rings. The van der Waals surface area contributed by atoms with Gasteiger partial charge in [-0.2, -0.15) is 0 Å². The lowest BCUT2D eigenvalue weighted by atomic mass is 10.2. The molecule has 9 heteroatoms. The predicted molar refractivity (Wildman–Crippen MR) is 100 cm³/mol. The molecule has 0 saturated carbocycles. The molecule has 3 aromatic rings. The monoisotopic (exact) mass is 423 g/mol. The van der Waals surface area contributed by atoms with Crippen LogP contribution in [0.25, 0.3) is 11.3 Å². The van der Waals surface area contributed by atoms with Gasteiger partial charge in [0.2, 0.25) is 5.91 Å². The highest BCUT2D eigenvalue weighted by Gasteiger charge is 2.18. The van der Waals surface area contributed by atoms with Gasteiger partial charge >= 0.3 is 0 Å². The maximum Gasteiger partial charge on any atom is 0.239 e. The smallest absolute Gasteiger partial charge is 0.239 e. The lowest BCUT2D eigenvalue weighted by Crippen LogP contribution is -2.22. The number of thiazole rings is 1. The average Bonchev–Trinajstić information content (AvgIpc) is 3.17. The van der Waals surface area contributed by atoms with Crippen molar-refractivity contribution in [3.05, 3.63) is 40.4 Å². The van der Waals surface area contributed by atoms with Gasteiger partial charge in [-0.25, -0.2) is 4.98 Å². The van der Waals surface area contributed by atoms with Crippen LogP contribution in [0.1, 0.15) is 6.92 Å². The molecule has 24 heavy (non-hydrogen) atoms. The molecule has 124 valence electrons. The summed E-state index contributed by atoms with van der Waals surface area (Å²) < 4.78 is 2.77. The number of hydrogen-bond acceptors (Lipinski definition) is 6. The highest BCUT2D eigenvalue weighted by atomic mass is 79.9. The molecular weight excluding hydrogens is 410 g/mol. The zero-order chi connectivity index (χ0) is 17.1. The number of amides is 1. The van der Waals surface area contributed by atoms with Crippen LogP contribution in [0.2, 0.25) is 0 Å². The van der Waals surface area contributed by atoms with Gasteiger partial charge < -0.3 is 9.88 Å². The van der Waals surface area contributed by atoms with E-state index in [1.165, 1.54) is 23.1 Å². The molecule has 1 unspecified atom stereocenters. The third kappa shape index (κ3) is 4.03. The maximum absolute atomic E-state index is 12.3. The quantitative estimate of drug-likeness (QED) is 0.631. The number of benzene rings is 1. The number of halogens is 1. The minimum absolute atomic E-state index is 0.113. The normalized spacial score (nSPS) is 12.1. The standard InChI is InChI=1S/C15H14BrN5OS2/c1-9(24-15-20-17-8-21(15)2)13(22)19-14-18-12(7-23-14)10-4-3-5-11(16)6-10/h3-9H,1-2H3,(H,18,19,22). The third-order valence-corrected chi connectivity index (χ3v) is 5.58. The number of nitrogens with zero attached hydrogens (tertiary/aromatic N) is 4. The summed E-state index contributed by atoms with van der Waals surface area (Å²) in [4.78, 5) is 16.8. The summed E-state index contributed by atoms with van der Waals surface area (Å²) >= 11 is 6.21. The number of aromatic nitrogens is 4. The molecule has 0 aliphatic rings. The summed E-state index contributed by atoms with van der Waals surface area (Å²) in [5.74, 6) is -0.113. The molecule has 1 amide bonds. The zero-order valence-corrected chi connectivity index (χ0v) is 16.2. The van der Waals surface area contributed by atoms with Crippen molar-refractivity contribution in [2.75, 3.05) is 5.32 Å². The second-order valence-electron chi connectivity index (χ2n) is 5.02. The van der Waals surface area contributed by atoms with E-state index in [0.717, 1.165) is 15.7 Å². The Balaban J connectivity index is 1.66. The molecule has 1 atom stereocenters. The van der Waals surface area contributed by atoms with Crippen molar-refractivity contribution in [2.24, 2.45) is 7.05 Å². The van der Waals surface area contributed by atoms with Crippen LogP contribution < -0.4 is 5.32 Å². The predicted octanol–water partition coefficient (Wildman–Crippen LogP) is 3.82. The Morgan fingerprint density at radius 1 is 1.46 bits per heavy atom. The Hall–Kier alpha value is -1.71. The molecule has 6 nitrogen and oxygen atoms in total. The van der Waals surface area contributed by atoms with Crippen molar-refractivity contribution >= 4 is 50.1 Å². The van der Waals surface area contributed by atoms with Gasteiger partial charge in [0, 0.05) is 22.5 Å². The first-order chi connectivity index (χ1) is 11.5. The van der Waals surface area contributed by atoms with E-state index < -0.39 is 0 Å². The van der Waals surface area contributed by atoms with Crippen LogP contribution in [-0.4, -0.2) is 30.9 Å². The molecule has 0 saturated heterocycles. The molecule has 0 radical (unpaired) electrons. The second-order valence-corrected chi connectivity index (χ2v) is 8.10. The minimum atomic E-state index is -0.300. The van der Waals surface area contributed by atoms with Gasteiger partial charge in [-0.1, -0.05) is 39.8 Å². The van der Waals surface area contributed by atoms with Crippen LogP contribution in [0.3, 0.4) is 0 Å². The van der Waals surface area contributed by atoms with Crippen molar-refractivity contribution in [1.29, 1.82) is 0 Å². The van der Waals surface area contributed by atoms with Gasteiger partial charge in [0.15, 0.2) is 10.3 Å². The molecule has 2 heterocycles. The molecule has 0 aliphatic heterocycles. The fourth-order valence-electron chi connectivity index (χ4n) is 1.91. The fraction of sp³-hybridized carbons (Fsp3) is 0.200. The summed E-state index contributed by atoms with van der Waals surface area (Å²) in [6.07, 6.45) is 1.61. The Morgan fingerprint density at radius 2 is 2.29 bits per heavy atom. The molecule has 0 spiro atoms. The van der Waals surface area contributed by atoms with E-state index >= 15 is 0 Å². The lowest BCUT2D eigenvalue weighted by molar-refractivity contribution is -0.115. The van der Waals surface area contributed by atoms with Crippen LogP contribution >= 0.6 is 39.0 Å². The van der Waals surface area contributed by atoms with E-state index in [1.807, 2.05) is 43.6 Å². The Kier molecular flexibility index (Phi) is 5.32. The molecule has 3 rings (SSSR count). The number of anilines is 1. The van der Waals surface area contributed by atoms with Crippen LogP contribution in [0.15, 0.2) is 45.6 Å². The van der Waals surface area contributed by atoms with Crippen LogP contribution in [0, 0.1) is 0 Å². The van der Waals surface area contributed by atoms with E-state index in [9.17, 15) is 4.79 Å². The molecule has 2 aromatic heterocycles. The number of thioether (sulfide) groups is 1. The van der Waals surface area contributed by atoms with Crippen LogP contribution in [0.4, 0.5) is 5.13 Å². The molecule has 0 aliphatic carbocycles. The van der Waals surface area contributed by atoms with Crippen molar-refractivity contribution in [1.82, 2.24) is 19.7 Å². The number of carbonyl (C=O) groups is 1. The first-order valence-electron chi connectivity index (χ1n) is 7.06. The number of rotatable bonds is 5. The molecule has 0 bridgehead atoms. The van der Waals surface area contributed by atoms with E-state index in [0.29, 0.717) is 10.3 Å². The number of hydrogen-bond donors (Lipinski definition) is 1. The molecule has 1 N–H and O–H groups in total. The van der Waals surface area contributed by atoms with Gasteiger partial charge in [-0.05, 0) is 19.1 Å². The maximum atomic E-state index is 12.3. The summed E-state index contributed by atoms with van der Waals surface area (Å²) in [5, 5.41) is 13.6. The highest BCUT2D eigenvalue weighted by Crippen LogP contribution is 2.28. The number of carbonyl (C=O) groups excluding carboxylic acids is 1. The molecular formula is C15H14BrN5OS2. The third-order valence-electron chi connectivity index (χ3n) is 3.18. The highest BCUT2D eigenvalue weighted by molar-refractivity contribution is 9.10. The Morgan fingerprint density at radius 3 is 3.00 bits per heavy atom. The number of nitrogens with one attached hydrogen (secondary N) is 1. The minimum Gasteiger partial charge on any atom is -0.312 e. The fourth-order valence-corrected chi connectivity index (χ4v) is 3.82. The van der Waals surface area contributed by atoms with Crippen molar-refractivity contribution < 1.29 is 4.79 Å². The second kappa shape index (κ2) is 7.45. The van der Waals surface area contributed by atoms with Crippen molar-refractivity contribution in [3.8, 4) is 11.3 Å². The SMILES string of the molecule is CC(Sc1nncn1C)C(=O)Nc1nc(-c2cccc(Br)c2)cs1. The van der Waals surface area contributed by atoms with E-state index in [-0.39, 0.29) is 11.2 Å². The van der Waals surface area contributed by atoms with Crippen molar-refractivity contribution in [3.63, 3.8) is 0 Å². The van der Waals surface area contributed by atoms with Crippen LogP contribution in [0.5, 0.6) is 0 Å². The average molecular weight is 424 g/mol. The van der Waals surface area contributed by atoms with Gasteiger partial charge in [-0.15, -0.1) is 21.5 Å². The van der Waals surface area contributed by atoms with Crippen LogP contribution in [-0.2, 0) is 11.8 Å². The van der Waals surface area contributed by atoms with E-state index in [2.05, 4.69) is 36.4 Å². The van der Waals surface area contributed by atoms with Gasteiger partial charge in [-0.3, -0.25) is 4.79 Å². The van der Waals surface area contributed by atoms with Gasteiger partial charge in [0.05, 0.1) is 10.9 Å². The summed E-state index contributed by atoms with van der Waals surface area (Å²) in [6.45, 7) is 1.83. The van der Waals surface area contributed by atoms with Crippen molar-refractivity contribution in [2.45, 2.75) is 17.3 Å². The first-order valence-corrected chi connectivity index (χ1v) is 9.61. The largest absolute Gasteiger partial charge is 0.312 e. The zero-order valence-electron chi connectivity index (χ0n) is 12.9. The van der Waals surface area contributed by atoms with Gasteiger partial charge in [0.1, 0.15) is 6.33 Å². The Labute approximate surface area is 155 Å². The molecule has 1 aromatic carbocycles. The topological polar surface area (TPSA) is 72.7 Å². The van der Waals surface area contributed by atoms with Gasteiger partial charge in [0.25, 0.3) is 0 Å². The van der Waals surface area contributed by atoms with E-state index in [4.69, 9.17) is 0 Å². The number of aryl methyl sites for hydroxylation is 1. The Bertz CT molecular complexity index is 863. The summed E-state index contributed by atoms with van der Waals surface area (Å²) in [5.41, 5.74) is 1.84. The summed E-state index contributed by atoms with van der Waals surface area (Å²) in [6, 6.07) is 7.89. The lowest BCUT2D eigenvalue weighted by Gasteiger charge is -2.09. The first kappa shape index (κ1) is 17.1. The summed E-state index contributed by atoms with van der Waals surface area (Å²) in [7, 11) is 1.85. The van der Waals surface area contributed by atoms with E-state index in [1.54, 1.807) is 10.9 Å².